The van der Waals surface area contributed by atoms with Crippen molar-refractivity contribution in [3.63, 3.8) is 0 Å². The van der Waals surface area contributed by atoms with Crippen LogP contribution in [0.1, 0.15) is 36.6 Å². The number of imide groups is 1. The SMILES string of the molecule is COc1ccc(CN2C(=O)c3ccccc3C2=O)cc1C(=O)OCCOc1ccccc1. The zero-order valence-electron chi connectivity index (χ0n) is 17.4. The standard InChI is InChI=1S/C25H21NO6/c1-30-22-12-11-17(16-26-23(27)19-9-5-6-10-20(19)24(26)28)15-21(22)25(29)32-14-13-31-18-7-3-2-4-8-18/h2-12,15H,13-14,16H2,1H3. The minimum Gasteiger partial charge on any atom is -0.496 e. The van der Waals surface area contributed by atoms with Gasteiger partial charge in [-0.15, -0.1) is 0 Å². The average Bonchev–Trinajstić information content (AvgIpc) is 3.07. The fraction of sp³-hybridized carbons (Fsp3) is 0.160. The van der Waals surface area contributed by atoms with Gasteiger partial charge in [0.2, 0.25) is 0 Å². The highest BCUT2D eigenvalue weighted by molar-refractivity contribution is 6.21. The summed E-state index contributed by atoms with van der Waals surface area (Å²) in [6.07, 6.45) is 0. The lowest BCUT2D eigenvalue weighted by atomic mass is 10.1. The van der Waals surface area contributed by atoms with Crippen molar-refractivity contribution >= 4 is 17.8 Å². The molecule has 1 aliphatic heterocycles. The molecule has 7 nitrogen and oxygen atoms in total. The van der Waals surface area contributed by atoms with E-state index in [1.807, 2.05) is 30.3 Å². The molecule has 3 aromatic carbocycles. The van der Waals surface area contributed by atoms with E-state index in [0.29, 0.717) is 28.2 Å². The highest BCUT2D eigenvalue weighted by atomic mass is 16.6. The van der Waals surface area contributed by atoms with E-state index in [2.05, 4.69) is 0 Å². The fourth-order valence-electron chi connectivity index (χ4n) is 3.47. The third-order valence-corrected chi connectivity index (χ3v) is 5.03. The number of carbonyl (C=O) groups is 3. The largest absolute Gasteiger partial charge is 0.496 e. The average molecular weight is 431 g/mol. The molecule has 1 heterocycles. The van der Waals surface area contributed by atoms with Crippen molar-refractivity contribution in [2.24, 2.45) is 0 Å². The summed E-state index contributed by atoms with van der Waals surface area (Å²) in [5, 5.41) is 0. The van der Waals surface area contributed by atoms with Gasteiger partial charge in [0.25, 0.3) is 11.8 Å². The maximum absolute atomic E-state index is 12.6. The number of benzene rings is 3. The number of fused-ring (bicyclic) bond motifs is 1. The van der Waals surface area contributed by atoms with Crippen molar-refractivity contribution < 1.29 is 28.6 Å². The molecule has 0 bridgehead atoms. The van der Waals surface area contributed by atoms with Crippen molar-refractivity contribution in [1.82, 2.24) is 4.90 Å². The molecule has 1 aliphatic rings. The molecule has 7 heteroatoms. The highest BCUT2D eigenvalue weighted by Crippen LogP contribution is 2.26. The topological polar surface area (TPSA) is 82.1 Å². The molecular formula is C25H21NO6. The lowest BCUT2D eigenvalue weighted by Gasteiger charge is -2.16. The van der Waals surface area contributed by atoms with Gasteiger partial charge in [-0.2, -0.15) is 0 Å². The number of nitrogens with zero attached hydrogens (tertiary/aromatic N) is 1. The Balaban J connectivity index is 1.43. The number of amides is 2. The van der Waals surface area contributed by atoms with E-state index >= 15 is 0 Å². The van der Waals surface area contributed by atoms with Crippen LogP contribution >= 0.6 is 0 Å². The van der Waals surface area contributed by atoms with Gasteiger partial charge in [0, 0.05) is 0 Å². The smallest absolute Gasteiger partial charge is 0.342 e. The van der Waals surface area contributed by atoms with Gasteiger partial charge < -0.3 is 14.2 Å². The van der Waals surface area contributed by atoms with Crippen LogP contribution < -0.4 is 9.47 Å². The lowest BCUT2D eigenvalue weighted by Crippen LogP contribution is -2.29. The molecule has 0 saturated carbocycles. The first-order chi connectivity index (χ1) is 15.6. The van der Waals surface area contributed by atoms with Crippen LogP contribution in [0.3, 0.4) is 0 Å². The molecule has 0 saturated heterocycles. The zero-order valence-corrected chi connectivity index (χ0v) is 17.4. The summed E-state index contributed by atoms with van der Waals surface area (Å²) in [6, 6.07) is 20.8. The second-order valence-corrected chi connectivity index (χ2v) is 7.07. The minimum absolute atomic E-state index is 0.0355. The van der Waals surface area contributed by atoms with Crippen LogP contribution in [0.2, 0.25) is 0 Å². The van der Waals surface area contributed by atoms with Gasteiger partial charge in [-0.3, -0.25) is 14.5 Å². The Hall–Kier alpha value is -4.13. The molecule has 0 fully saturated rings. The summed E-state index contributed by atoms with van der Waals surface area (Å²) in [5.74, 6) is -0.274. The first-order valence-electron chi connectivity index (χ1n) is 10.1. The van der Waals surface area contributed by atoms with E-state index in [1.54, 1.807) is 42.5 Å². The molecule has 0 N–H and O–H groups in total. The molecule has 32 heavy (non-hydrogen) atoms. The Kier molecular flexibility index (Phi) is 6.17. The van der Waals surface area contributed by atoms with Crippen LogP contribution in [0.25, 0.3) is 0 Å². The summed E-state index contributed by atoms with van der Waals surface area (Å²) in [4.78, 5) is 39.0. The number of para-hydroxylation sites is 1. The number of hydrogen-bond donors (Lipinski definition) is 0. The van der Waals surface area contributed by atoms with E-state index in [4.69, 9.17) is 14.2 Å². The molecule has 0 aromatic heterocycles. The summed E-state index contributed by atoms with van der Waals surface area (Å²) < 4.78 is 16.1. The first kappa shape index (κ1) is 21.1. The number of esters is 1. The lowest BCUT2D eigenvalue weighted by molar-refractivity contribution is 0.0446. The molecule has 3 aromatic rings. The number of hydrogen-bond acceptors (Lipinski definition) is 6. The summed E-state index contributed by atoms with van der Waals surface area (Å²) in [5.41, 5.74) is 1.57. The first-order valence-corrected chi connectivity index (χ1v) is 10.1. The Labute approximate surface area is 185 Å². The Bertz CT molecular complexity index is 1120. The third kappa shape index (κ3) is 4.32. The van der Waals surface area contributed by atoms with Gasteiger partial charge in [-0.1, -0.05) is 36.4 Å². The maximum atomic E-state index is 12.6. The third-order valence-electron chi connectivity index (χ3n) is 5.03. The summed E-state index contributed by atoms with van der Waals surface area (Å²) >= 11 is 0. The fourth-order valence-corrected chi connectivity index (χ4v) is 3.47. The van der Waals surface area contributed by atoms with E-state index in [9.17, 15) is 14.4 Å². The number of rotatable bonds is 8. The minimum atomic E-state index is -0.581. The van der Waals surface area contributed by atoms with Crippen molar-refractivity contribution in [2.45, 2.75) is 6.54 Å². The second-order valence-electron chi connectivity index (χ2n) is 7.07. The molecule has 0 unspecified atom stereocenters. The van der Waals surface area contributed by atoms with E-state index in [1.165, 1.54) is 7.11 Å². The van der Waals surface area contributed by atoms with Crippen LogP contribution in [0.4, 0.5) is 0 Å². The molecule has 0 aliphatic carbocycles. The zero-order chi connectivity index (χ0) is 22.5. The molecule has 0 atom stereocenters. The number of ether oxygens (including phenoxy) is 3. The molecule has 0 radical (unpaired) electrons. The van der Waals surface area contributed by atoms with Gasteiger partial charge in [0.05, 0.1) is 24.8 Å². The predicted molar refractivity (Wildman–Crippen MR) is 116 cm³/mol. The quantitative estimate of drug-likeness (QED) is 0.307. The van der Waals surface area contributed by atoms with Crippen LogP contribution in [-0.2, 0) is 11.3 Å². The molecule has 2 amide bonds. The number of methoxy groups -OCH3 is 1. The van der Waals surface area contributed by atoms with Crippen molar-refractivity contribution in [2.75, 3.05) is 20.3 Å². The monoisotopic (exact) mass is 431 g/mol. The molecule has 162 valence electrons. The maximum Gasteiger partial charge on any atom is 0.342 e. The van der Waals surface area contributed by atoms with Crippen molar-refractivity contribution in [3.8, 4) is 11.5 Å². The van der Waals surface area contributed by atoms with Crippen molar-refractivity contribution in [1.29, 1.82) is 0 Å². The van der Waals surface area contributed by atoms with Gasteiger partial charge >= 0.3 is 5.97 Å². The Morgan fingerprint density at radius 1 is 0.844 bits per heavy atom. The van der Waals surface area contributed by atoms with Gasteiger partial charge in [-0.05, 0) is 42.0 Å². The predicted octanol–water partition coefficient (Wildman–Crippen LogP) is 3.73. The van der Waals surface area contributed by atoms with Crippen molar-refractivity contribution in [3.05, 3.63) is 95.1 Å². The van der Waals surface area contributed by atoms with Crippen LogP contribution in [0.15, 0.2) is 72.8 Å². The molecule has 4 rings (SSSR count). The Morgan fingerprint density at radius 3 is 2.16 bits per heavy atom. The van der Waals surface area contributed by atoms with Crippen LogP contribution in [0, 0.1) is 0 Å². The summed E-state index contributed by atoms with van der Waals surface area (Å²) in [6.45, 7) is 0.292. The highest BCUT2D eigenvalue weighted by Gasteiger charge is 2.35. The summed E-state index contributed by atoms with van der Waals surface area (Å²) in [7, 11) is 1.45. The van der Waals surface area contributed by atoms with Gasteiger partial charge in [0.1, 0.15) is 30.3 Å². The number of carbonyl (C=O) groups excluding carboxylic acids is 3. The molecular weight excluding hydrogens is 410 g/mol. The van der Waals surface area contributed by atoms with Gasteiger partial charge in [0.15, 0.2) is 0 Å². The van der Waals surface area contributed by atoms with Crippen LogP contribution in [-0.4, -0.2) is 43.0 Å². The van der Waals surface area contributed by atoms with E-state index < -0.39 is 5.97 Å². The van der Waals surface area contributed by atoms with E-state index in [0.717, 1.165) is 4.90 Å². The van der Waals surface area contributed by atoms with Gasteiger partial charge in [-0.25, -0.2) is 4.79 Å². The van der Waals surface area contributed by atoms with E-state index in [-0.39, 0.29) is 37.1 Å². The Morgan fingerprint density at radius 2 is 1.50 bits per heavy atom. The normalized spacial score (nSPS) is 12.5. The van der Waals surface area contributed by atoms with Crippen LogP contribution in [0.5, 0.6) is 11.5 Å². The molecule has 0 spiro atoms. The second kappa shape index (κ2) is 9.34.